The van der Waals surface area contributed by atoms with Crippen LogP contribution in [0.2, 0.25) is 0 Å². The molecule has 0 saturated carbocycles. The minimum Gasteiger partial charge on any atom is -0.339 e. The zero-order chi connectivity index (χ0) is 13.8. The second-order valence-corrected chi connectivity index (χ2v) is 6.11. The predicted molar refractivity (Wildman–Crippen MR) is 73.2 cm³/mol. The zero-order valence-electron chi connectivity index (χ0n) is 12.4. The van der Waals surface area contributed by atoms with Gasteiger partial charge in [-0.05, 0) is 18.3 Å². The lowest BCUT2D eigenvalue weighted by Crippen LogP contribution is -2.27. The molecule has 0 fully saturated rings. The van der Waals surface area contributed by atoms with E-state index in [1.165, 1.54) is 0 Å². The van der Waals surface area contributed by atoms with E-state index in [9.17, 15) is 0 Å². The zero-order valence-corrected chi connectivity index (χ0v) is 12.4. The normalized spacial score (nSPS) is 14.2. The first kappa shape index (κ1) is 15.2. The first-order chi connectivity index (χ1) is 8.40. The van der Waals surface area contributed by atoms with Gasteiger partial charge in [-0.1, -0.05) is 52.6 Å². The molecule has 0 spiro atoms. The third-order valence-corrected chi connectivity index (χ3v) is 3.29. The van der Waals surface area contributed by atoms with Gasteiger partial charge in [0.15, 0.2) is 5.82 Å². The third-order valence-electron chi connectivity index (χ3n) is 3.29. The summed E-state index contributed by atoms with van der Waals surface area (Å²) in [6.45, 7) is 10.6. The van der Waals surface area contributed by atoms with Gasteiger partial charge in [0.2, 0.25) is 5.89 Å². The molecule has 0 aliphatic carbocycles. The largest absolute Gasteiger partial charge is 0.339 e. The van der Waals surface area contributed by atoms with Gasteiger partial charge < -0.3 is 10.3 Å². The fourth-order valence-corrected chi connectivity index (χ4v) is 2.01. The summed E-state index contributed by atoms with van der Waals surface area (Å²) in [5, 5.41) is 4.06. The number of nitrogens with two attached hydrogens (primary N) is 1. The van der Waals surface area contributed by atoms with Crippen LogP contribution in [0.3, 0.4) is 0 Å². The van der Waals surface area contributed by atoms with Gasteiger partial charge in [0.1, 0.15) is 0 Å². The van der Waals surface area contributed by atoms with Crippen LogP contribution in [-0.2, 0) is 0 Å². The molecule has 1 aromatic heterocycles. The van der Waals surface area contributed by atoms with Crippen molar-refractivity contribution in [3.05, 3.63) is 11.7 Å². The number of nitrogens with zero attached hydrogens (tertiary/aromatic N) is 2. The van der Waals surface area contributed by atoms with Crippen molar-refractivity contribution in [2.24, 2.45) is 11.1 Å². The average molecular weight is 253 g/mol. The van der Waals surface area contributed by atoms with Crippen LogP contribution < -0.4 is 5.73 Å². The number of hydrogen-bond donors (Lipinski definition) is 1. The Labute approximate surface area is 110 Å². The van der Waals surface area contributed by atoms with E-state index in [0.29, 0.717) is 11.7 Å². The Morgan fingerprint density at radius 3 is 2.17 bits per heavy atom. The topological polar surface area (TPSA) is 64.9 Å². The van der Waals surface area contributed by atoms with E-state index in [-0.39, 0.29) is 11.5 Å². The van der Waals surface area contributed by atoms with Crippen LogP contribution in [0.4, 0.5) is 0 Å². The van der Waals surface area contributed by atoms with E-state index in [2.05, 4.69) is 44.8 Å². The second kappa shape index (κ2) is 6.32. The van der Waals surface area contributed by atoms with Crippen molar-refractivity contribution in [2.75, 3.05) is 0 Å². The molecule has 1 aromatic rings. The van der Waals surface area contributed by atoms with Gasteiger partial charge in [-0.15, -0.1) is 0 Å². The SMILES string of the molecule is CCCC(CCC)c1nc(C(N)C(C)(C)C)no1. The van der Waals surface area contributed by atoms with Crippen molar-refractivity contribution in [3.8, 4) is 0 Å². The molecule has 104 valence electrons. The number of hydrogen-bond acceptors (Lipinski definition) is 4. The van der Waals surface area contributed by atoms with E-state index >= 15 is 0 Å². The van der Waals surface area contributed by atoms with Gasteiger partial charge in [0.25, 0.3) is 0 Å². The van der Waals surface area contributed by atoms with Crippen LogP contribution in [0.1, 0.15) is 84.0 Å². The predicted octanol–water partition coefficient (Wildman–Crippen LogP) is 3.80. The van der Waals surface area contributed by atoms with Crippen LogP contribution in [0.25, 0.3) is 0 Å². The average Bonchev–Trinajstić information content (AvgIpc) is 2.75. The monoisotopic (exact) mass is 253 g/mol. The molecule has 1 heterocycles. The Bertz CT molecular complexity index is 348. The van der Waals surface area contributed by atoms with Crippen molar-refractivity contribution in [1.29, 1.82) is 0 Å². The molecule has 0 aliphatic heterocycles. The molecule has 18 heavy (non-hydrogen) atoms. The molecule has 0 amide bonds. The van der Waals surface area contributed by atoms with Gasteiger partial charge in [0.05, 0.1) is 6.04 Å². The number of aromatic nitrogens is 2. The fourth-order valence-electron chi connectivity index (χ4n) is 2.01. The maximum Gasteiger partial charge on any atom is 0.229 e. The molecular formula is C14H27N3O. The third kappa shape index (κ3) is 3.80. The van der Waals surface area contributed by atoms with Crippen LogP contribution >= 0.6 is 0 Å². The molecule has 1 unspecified atom stereocenters. The van der Waals surface area contributed by atoms with Crippen molar-refractivity contribution < 1.29 is 4.52 Å². The molecule has 4 heteroatoms. The molecule has 0 radical (unpaired) electrons. The van der Waals surface area contributed by atoms with Crippen molar-refractivity contribution >= 4 is 0 Å². The Morgan fingerprint density at radius 2 is 1.72 bits per heavy atom. The molecule has 0 saturated heterocycles. The van der Waals surface area contributed by atoms with Crippen molar-refractivity contribution in [1.82, 2.24) is 10.1 Å². The molecular weight excluding hydrogens is 226 g/mol. The van der Waals surface area contributed by atoms with Crippen LogP contribution in [0.15, 0.2) is 4.52 Å². The van der Waals surface area contributed by atoms with E-state index < -0.39 is 0 Å². The van der Waals surface area contributed by atoms with Gasteiger partial charge >= 0.3 is 0 Å². The maximum atomic E-state index is 6.15. The van der Waals surface area contributed by atoms with Crippen LogP contribution in [0.5, 0.6) is 0 Å². The van der Waals surface area contributed by atoms with Gasteiger partial charge in [0, 0.05) is 5.92 Å². The highest BCUT2D eigenvalue weighted by Gasteiger charge is 2.28. The first-order valence-electron chi connectivity index (χ1n) is 6.99. The molecule has 1 rings (SSSR count). The minimum absolute atomic E-state index is 0.0495. The minimum atomic E-state index is -0.182. The quantitative estimate of drug-likeness (QED) is 0.837. The Balaban J connectivity index is 2.83. The maximum absolute atomic E-state index is 6.15. The van der Waals surface area contributed by atoms with Crippen molar-refractivity contribution in [3.63, 3.8) is 0 Å². The molecule has 0 aliphatic rings. The fraction of sp³-hybridized carbons (Fsp3) is 0.857. The molecule has 0 bridgehead atoms. The Morgan fingerprint density at radius 1 is 1.17 bits per heavy atom. The highest BCUT2D eigenvalue weighted by molar-refractivity contribution is 5.01. The van der Waals surface area contributed by atoms with Gasteiger partial charge in [-0.2, -0.15) is 4.98 Å². The summed E-state index contributed by atoms with van der Waals surface area (Å²) in [7, 11) is 0. The van der Waals surface area contributed by atoms with Gasteiger partial charge in [-0.25, -0.2) is 0 Å². The summed E-state index contributed by atoms with van der Waals surface area (Å²) < 4.78 is 5.41. The van der Waals surface area contributed by atoms with E-state index in [1.54, 1.807) is 0 Å². The van der Waals surface area contributed by atoms with Crippen molar-refractivity contribution in [2.45, 2.75) is 72.3 Å². The highest BCUT2D eigenvalue weighted by Crippen LogP contribution is 2.31. The smallest absolute Gasteiger partial charge is 0.229 e. The second-order valence-electron chi connectivity index (χ2n) is 6.11. The molecule has 0 aromatic carbocycles. The van der Waals surface area contributed by atoms with Crippen LogP contribution in [0, 0.1) is 5.41 Å². The Kier molecular flexibility index (Phi) is 5.32. The summed E-state index contributed by atoms with van der Waals surface area (Å²) in [4.78, 5) is 4.51. The lowest BCUT2D eigenvalue weighted by Gasteiger charge is -2.23. The summed E-state index contributed by atoms with van der Waals surface area (Å²) >= 11 is 0. The lowest BCUT2D eigenvalue weighted by molar-refractivity contribution is 0.295. The van der Waals surface area contributed by atoms with E-state index in [0.717, 1.165) is 31.6 Å². The summed E-state index contributed by atoms with van der Waals surface area (Å²) in [6.07, 6.45) is 4.46. The molecule has 4 nitrogen and oxygen atoms in total. The van der Waals surface area contributed by atoms with E-state index in [1.807, 2.05) is 0 Å². The first-order valence-corrected chi connectivity index (χ1v) is 6.99. The van der Waals surface area contributed by atoms with Crippen LogP contribution in [-0.4, -0.2) is 10.1 Å². The van der Waals surface area contributed by atoms with E-state index in [4.69, 9.17) is 10.3 Å². The summed E-state index contributed by atoms with van der Waals surface area (Å²) in [5.74, 6) is 1.77. The Hall–Kier alpha value is -0.900. The number of rotatable bonds is 6. The lowest BCUT2D eigenvalue weighted by atomic mass is 9.87. The summed E-state index contributed by atoms with van der Waals surface area (Å²) in [5.41, 5.74) is 6.10. The standard InChI is InChI=1S/C14H27N3O/c1-6-8-10(9-7-2)13-16-12(17-18-13)11(15)14(3,4)5/h10-11H,6-9,15H2,1-5H3. The molecule has 2 N–H and O–H groups in total. The van der Waals surface area contributed by atoms with Gasteiger partial charge in [-0.3, -0.25) is 0 Å². The molecule has 1 atom stereocenters. The highest BCUT2D eigenvalue weighted by atomic mass is 16.5. The summed E-state index contributed by atoms with van der Waals surface area (Å²) in [6, 6.07) is -0.182.